The Hall–Kier alpha value is -3.54. The number of carbonyl (C=O) groups excluding carboxylic acids is 1. The topological polar surface area (TPSA) is 122 Å². The first-order chi connectivity index (χ1) is 12.1. The average molecular weight is 339 g/mol. The molecule has 1 aliphatic rings. The third kappa shape index (κ3) is 3.37. The van der Waals surface area contributed by atoms with Crippen LogP contribution in [-0.2, 0) is 0 Å². The van der Waals surface area contributed by atoms with Gasteiger partial charge in [0.15, 0.2) is 0 Å². The molecule has 1 fully saturated rings. The average Bonchev–Trinajstić information content (AvgIpc) is 3.10. The minimum absolute atomic E-state index is 0.0466. The predicted molar refractivity (Wildman–Crippen MR) is 84.8 cm³/mol. The van der Waals surface area contributed by atoms with E-state index in [0.717, 1.165) is 0 Å². The zero-order valence-corrected chi connectivity index (χ0v) is 13.0. The van der Waals surface area contributed by atoms with Crippen LogP contribution in [0.5, 0.6) is 5.88 Å². The molecule has 1 aromatic heterocycles. The summed E-state index contributed by atoms with van der Waals surface area (Å²) in [6.07, 6.45) is 3.00. The standard InChI is InChI=1S/C16H13N5O4/c17-9-13-15(19-7-6-18-13)25-11-5-8-20(10-11)16(22)12-3-1-2-4-14(12)21(23)24/h1-4,6-7,11H,5,8,10H2. The number of likely N-dealkylation sites (tertiary alicyclic amines) is 1. The first-order valence-corrected chi connectivity index (χ1v) is 7.50. The molecule has 1 unspecified atom stereocenters. The fraction of sp³-hybridized carbons (Fsp3) is 0.250. The highest BCUT2D eigenvalue weighted by molar-refractivity contribution is 5.98. The van der Waals surface area contributed by atoms with Crippen molar-refractivity contribution < 1.29 is 14.5 Å². The number of hydrogen-bond acceptors (Lipinski definition) is 7. The fourth-order valence-electron chi connectivity index (χ4n) is 2.64. The summed E-state index contributed by atoms with van der Waals surface area (Å²) in [7, 11) is 0. The van der Waals surface area contributed by atoms with E-state index >= 15 is 0 Å². The van der Waals surface area contributed by atoms with E-state index in [2.05, 4.69) is 9.97 Å². The van der Waals surface area contributed by atoms with Crippen molar-refractivity contribution in [1.82, 2.24) is 14.9 Å². The monoisotopic (exact) mass is 339 g/mol. The van der Waals surface area contributed by atoms with Crippen molar-refractivity contribution in [3.63, 3.8) is 0 Å². The summed E-state index contributed by atoms with van der Waals surface area (Å²) in [5.41, 5.74) is -0.103. The predicted octanol–water partition coefficient (Wildman–Crippen LogP) is 1.55. The van der Waals surface area contributed by atoms with Crippen LogP contribution in [-0.4, -0.2) is 44.9 Å². The van der Waals surface area contributed by atoms with E-state index in [1.165, 1.54) is 35.5 Å². The number of amides is 1. The Kier molecular flexibility index (Phi) is 4.52. The Morgan fingerprint density at radius 3 is 2.88 bits per heavy atom. The quantitative estimate of drug-likeness (QED) is 0.611. The summed E-state index contributed by atoms with van der Waals surface area (Å²) in [5, 5.41) is 20.1. The van der Waals surface area contributed by atoms with Crippen molar-refractivity contribution in [3.05, 3.63) is 58.0 Å². The molecule has 0 spiro atoms. The number of nitrogens with zero attached hydrogens (tertiary/aromatic N) is 5. The second kappa shape index (κ2) is 6.92. The van der Waals surface area contributed by atoms with E-state index in [-0.39, 0.29) is 35.5 Å². The molecule has 1 amide bonds. The zero-order valence-electron chi connectivity index (χ0n) is 13.0. The summed E-state index contributed by atoms with van der Waals surface area (Å²) in [4.78, 5) is 32.4. The van der Waals surface area contributed by atoms with Crippen LogP contribution in [0.3, 0.4) is 0 Å². The number of aromatic nitrogens is 2. The molecule has 126 valence electrons. The van der Waals surface area contributed by atoms with Crippen molar-refractivity contribution in [2.75, 3.05) is 13.1 Å². The van der Waals surface area contributed by atoms with Gasteiger partial charge in [-0.2, -0.15) is 5.26 Å². The van der Waals surface area contributed by atoms with Crippen molar-refractivity contribution >= 4 is 11.6 Å². The summed E-state index contributed by atoms with van der Waals surface area (Å²) in [6.45, 7) is 0.657. The van der Waals surface area contributed by atoms with Crippen molar-refractivity contribution in [2.24, 2.45) is 0 Å². The smallest absolute Gasteiger partial charge is 0.282 e. The maximum atomic E-state index is 12.6. The molecular weight excluding hydrogens is 326 g/mol. The van der Waals surface area contributed by atoms with Crippen molar-refractivity contribution in [3.8, 4) is 11.9 Å². The number of ether oxygens (including phenoxy) is 1. The van der Waals surface area contributed by atoms with Crippen LogP contribution in [0.1, 0.15) is 22.5 Å². The number of nitro groups is 1. The van der Waals surface area contributed by atoms with E-state index in [0.29, 0.717) is 13.0 Å². The van der Waals surface area contributed by atoms with Gasteiger partial charge in [0.05, 0.1) is 11.5 Å². The number of nitro benzene ring substituents is 1. The lowest BCUT2D eigenvalue weighted by molar-refractivity contribution is -0.385. The van der Waals surface area contributed by atoms with Gasteiger partial charge in [-0.25, -0.2) is 9.97 Å². The number of rotatable bonds is 4. The van der Waals surface area contributed by atoms with Crippen LogP contribution in [0, 0.1) is 21.4 Å². The third-order valence-electron chi connectivity index (χ3n) is 3.81. The molecule has 1 atom stereocenters. The van der Waals surface area contributed by atoms with Gasteiger partial charge in [-0.05, 0) is 6.07 Å². The molecule has 25 heavy (non-hydrogen) atoms. The minimum Gasteiger partial charge on any atom is -0.470 e. The van der Waals surface area contributed by atoms with Gasteiger partial charge in [0.2, 0.25) is 5.69 Å². The van der Waals surface area contributed by atoms with Crippen LogP contribution >= 0.6 is 0 Å². The van der Waals surface area contributed by atoms with Crippen molar-refractivity contribution in [2.45, 2.75) is 12.5 Å². The zero-order chi connectivity index (χ0) is 17.8. The van der Waals surface area contributed by atoms with Crippen LogP contribution in [0.25, 0.3) is 0 Å². The van der Waals surface area contributed by atoms with Crippen LogP contribution in [0.2, 0.25) is 0 Å². The highest BCUT2D eigenvalue weighted by Crippen LogP contribution is 2.24. The first-order valence-electron chi connectivity index (χ1n) is 7.50. The summed E-state index contributed by atoms with van der Waals surface area (Å²) in [6, 6.07) is 7.73. The van der Waals surface area contributed by atoms with E-state index in [9.17, 15) is 14.9 Å². The van der Waals surface area contributed by atoms with E-state index in [1.54, 1.807) is 6.07 Å². The van der Waals surface area contributed by atoms with Gasteiger partial charge in [0.1, 0.15) is 17.7 Å². The second-order valence-corrected chi connectivity index (χ2v) is 5.38. The molecule has 1 aromatic carbocycles. The number of para-hydroxylation sites is 1. The maximum absolute atomic E-state index is 12.6. The largest absolute Gasteiger partial charge is 0.470 e. The molecule has 0 saturated carbocycles. The summed E-state index contributed by atoms with van der Waals surface area (Å²) in [5.74, 6) is -0.298. The second-order valence-electron chi connectivity index (χ2n) is 5.38. The normalized spacial score (nSPS) is 16.3. The van der Waals surface area contributed by atoms with Gasteiger partial charge in [-0.15, -0.1) is 0 Å². The Bertz CT molecular complexity index is 864. The van der Waals surface area contributed by atoms with Gasteiger partial charge < -0.3 is 9.64 Å². The number of benzene rings is 1. The molecule has 0 radical (unpaired) electrons. The SMILES string of the molecule is N#Cc1nccnc1OC1CCN(C(=O)c2ccccc2[N+](=O)[O-])C1. The van der Waals surface area contributed by atoms with E-state index < -0.39 is 10.8 Å². The van der Waals surface area contributed by atoms with Gasteiger partial charge >= 0.3 is 0 Å². The molecule has 3 rings (SSSR count). The molecule has 9 nitrogen and oxygen atoms in total. The molecule has 2 heterocycles. The fourth-order valence-corrected chi connectivity index (χ4v) is 2.64. The Morgan fingerprint density at radius 1 is 1.36 bits per heavy atom. The first kappa shape index (κ1) is 16.3. The Morgan fingerprint density at radius 2 is 2.12 bits per heavy atom. The van der Waals surface area contributed by atoms with Crippen LogP contribution in [0.15, 0.2) is 36.7 Å². The molecular formula is C16H13N5O4. The lowest BCUT2D eigenvalue weighted by atomic mass is 10.1. The molecule has 1 aliphatic heterocycles. The number of carbonyl (C=O) groups is 1. The maximum Gasteiger partial charge on any atom is 0.282 e. The van der Waals surface area contributed by atoms with Gasteiger partial charge in [-0.3, -0.25) is 14.9 Å². The number of nitriles is 1. The molecule has 2 aromatic rings. The lowest BCUT2D eigenvalue weighted by Crippen LogP contribution is -2.31. The summed E-state index contributed by atoms with van der Waals surface area (Å²) < 4.78 is 5.67. The Balaban J connectivity index is 1.72. The molecule has 1 saturated heterocycles. The van der Waals surface area contributed by atoms with Gasteiger partial charge in [0.25, 0.3) is 17.5 Å². The van der Waals surface area contributed by atoms with Crippen LogP contribution < -0.4 is 4.74 Å². The molecule has 0 bridgehead atoms. The molecule has 0 N–H and O–H groups in total. The highest BCUT2D eigenvalue weighted by Gasteiger charge is 2.32. The summed E-state index contributed by atoms with van der Waals surface area (Å²) >= 11 is 0. The van der Waals surface area contributed by atoms with Gasteiger partial charge in [0, 0.05) is 31.4 Å². The molecule has 0 aliphatic carbocycles. The van der Waals surface area contributed by atoms with Crippen molar-refractivity contribution in [1.29, 1.82) is 5.26 Å². The van der Waals surface area contributed by atoms with E-state index in [1.807, 2.05) is 6.07 Å². The third-order valence-corrected chi connectivity index (χ3v) is 3.81. The molecule has 9 heteroatoms. The lowest BCUT2D eigenvalue weighted by Gasteiger charge is -2.17. The van der Waals surface area contributed by atoms with Gasteiger partial charge in [-0.1, -0.05) is 12.1 Å². The highest BCUT2D eigenvalue weighted by atomic mass is 16.6. The van der Waals surface area contributed by atoms with E-state index in [4.69, 9.17) is 10.00 Å². The minimum atomic E-state index is -0.573. The number of hydrogen-bond donors (Lipinski definition) is 0. The Labute approximate surface area is 142 Å². The van der Waals surface area contributed by atoms with Crippen LogP contribution in [0.4, 0.5) is 5.69 Å².